The SMILES string of the molecule is CCCCCCNC(=O)Nc1ccc(S(=O)(=O)Nc2ccc(C[C@@H]3CC[C@H]([C@H](O[Si](C)(C)C(C)(C)C)c4cccnc4)N3C(=O)OC(C)(C)C)cc2)cc1. The molecule has 0 spiro atoms. The molecule has 2 aromatic carbocycles. The molecule has 2 heterocycles. The summed E-state index contributed by atoms with van der Waals surface area (Å²) in [5, 5.41) is 5.53. The molecular weight excluding hydrogens is 719 g/mol. The molecule has 0 bridgehead atoms. The van der Waals surface area contributed by atoms with Gasteiger partial charge in [-0.25, -0.2) is 18.0 Å². The van der Waals surface area contributed by atoms with Gasteiger partial charge in [0.05, 0.1) is 17.0 Å². The van der Waals surface area contributed by atoms with Crippen LogP contribution in [-0.2, 0) is 25.6 Å². The van der Waals surface area contributed by atoms with Crippen LogP contribution in [0.5, 0.6) is 0 Å². The van der Waals surface area contributed by atoms with Crippen LogP contribution in [0.3, 0.4) is 0 Å². The summed E-state index contributed by atoms with van der Waals surface area (Å²) < 4.78 is 42.3. The second-order valence-corrected chi connectivity index (χ2v) is 23.2. The van der Waals surface area contributed by atoms with Gasteiger partial charge in [0.25, 0.3) is 10.0 Å². The fraction of sp³-hybridized carbons (Fsp3) is 0.537. The highest BCUT2D eigenvalue weighted by atomic mass is 32.2. The van der Waals surface area contributed by atoms with Gasteiger partial charge in [-0.15, -0.1) is 0 Å². The van der Waals surface area contributed by atoms with Gasteiger partial charge in [-0.2, -0.15) is 0 Å². The van der Waals surface area contributed by atoms with E-state index in [1.54, 1.807) is 30.5 Å². The molecule has 11 nitrogen and oxygen atoms in total. The summed E-state index contributed by atoms with van der Waals surface area (Å²) in [6, 6.07) is 16.5. The molecule has 54 heavy (non-hydrogen) atoms. The third-order valence-corrected chi connectivity index (χ3v) is 16.0. The number of ether oxygens (including phenoxy) is 1. The van der Waals surface area contributed by atoms with Gasteiger partial charge in [0.2, 0.25) is 0 Å². The summed E-state index contributed by atoms with van der Waals surface area (Å²) in [4.78, 5) is 32.6. The number of urea groups is 1. The van der Waals surface area contributed by atoms with Crippen molar-refractivity contribution in [3.8, 4) is 0 Å². The van der Waals surface area contributed by atoms with Crippen molar-refractivity contribution in [2.45, 2.75) is 140 Å². The van der Waals surface area contributed by atoms with Crippen LogP contribution >= 0.6 is 0 Å². The first-order valence-corrected chi connectivity index (χ1v) is 23.5. The molecule has 0 saturated carbocycles. The number of rotatable bonds is 15. The lowest BCUT2D eigenvalue weighted by molar-refractivity contribution is -0.00244. The number of sulfonamides is 1. The van der Waals surface area contributed by atoms with Gasteiger partial charge in [0.1, 0.15) is 5.60 Å². The van der Waals surface area contributed by atoms with Gasteiger partial charge in [-0.3, -0.25) is 14.6 Å². The highest BCUT2D eigenvalue weighted by Crippen LogP contribution is 2.44. The van der Waals surface area contributed by atoms with E-state index in [-0.39, 0.29) is 40.2 Å². The number of carbonyl (C=O) groups is 2. The number of pyridine rings is 1. The Morgan fingerprint density at radius 3 is 2.19 bits per heavy atom. The molecule has 0 aliphatic carbocycles. The number of benzene rings is 2. The first-order chi connectivity index (χ1) is 25.3. The standard InChI is InChI=1S/C41H61N5O6SSi/c1-10-11-12-13-27-43-38(47)44-32-20-23-35(24-21-32)53(49,50)45-33-18-16-30(17-19-33)28-34-22-25-36(46(34)39(48)51-40(2,3)4)37(31-15-14-26-42-29-31)52-54(8,9)41(5,6)7/h14-21,23-24,26,29,34,36-37,45H,10-13,22,25,27-28H2,1-9H3,(H2,43,44,47)/t34-,36+,37+/m0/s1. The monoisotopic (exact) mass is 779 g/mol. The van der Waals surface area contributed by atoms with Gasteiger partial charge in [0.15, 0.2) is 8.32 Å². The molecule has 1 aliphatic rings. The average molecular weight is 780 g/mol. The second kappa shape index (κ2) is 18.1. The molecule has 1 saturated heterocycles. The minimum absolute atomic E-state index is 0.0444. The number of likely N-dealkylation sites (tertiary alicyclic amines) is 1. The molecule has 0 unspecified atom stereocenters. The Balaban J connectivity index is 1.47. The molecule has 3 amide bonds. The molecule has 3 aromatic rings. The van der Waals surface area contributed by atoms with Gasteiger partial charge in [0, 0.05) is 36.4 Å². The fourth-order valence-corrected chi connectivity index (χ4v) is 8.60. The van der Waals surface area contributed by atoms with Crippen LogP contribution in [0.1, 0.15) is 104 Å². The Morgan fingerprint density at radius 2 is 1.59 bits per heavy atom. The third kappa shape index (κ3) is 12.0. The molecule has 1 aliphatic heterocycles. The Bertz CT molecular complexity index is 1780. The maximum Gasteiger partial charge on any atom is 0.410 e. The lowest BCUT2D eigenvalue weighted by Gasteiger charge is -2.43. The number of nitrogens with zero attached hydrogens (tertiary/aromatic N) is 2. The zero-order valence-electron chi connectivity index (χ0n) is 33.6. The van der Waals surface area contributed by atoms with Crippen LogP contribution in [0, 0.1) is 0 Å². The van der Waals surface area contributed by atoms with E-state index in [1.807, 2.05) is 56.1 Å². The Kier molecular flexibility index (Phi) is 14.4. The number of carbonyl (C=O) groups excluding carboxylic acids is 2. The van der Waals surface area contributed by atoms with Crippen LogP contribution in [0.2, 0.25) is 18.1 Å². The number of aromatic nitrogens is 1. The second-order valence-electron chi connectivity index (χ2n) is 16.7. The predicted molar refractivity (Wildman–Crippen MR) is 219 cm³/mol. The number of hydrogen-bond donors (Lipinski definition) is 3. The van der Waals surface area contributed by atoms with E-state index in [9.17, 15) is 18.0 Å². The summed E-state index contributed by atoms with van der Waals surface area (Å²) in [7, 11) is -6.16. The van der Waals surface area contributed by atoms with Crippen molar-refractivity contribution in [1.82, 2.24) is 15.2 Å². The number of anilines is 2. The Morgan fingerprint density at radius 1 is 0.926 bits per heavy atom. The smallest absolute Gasteiger partial charge is 0.410 e. The number of nitrogens with one attached hydrogen (secondary N) is 3. The van der Waals surface area contributed by atoms with Crippen LogP contribution in [0.4, 0.5) is 21.0 Å². The zero-order valence-corrected chi connectivity index (χ0v) is 35.4. The zero-order chi connectivity index (χ0) is 39.7. The lowest BCUT2D eigenvalue weighted by atomic mass is 10.0. The average Bonchev–Trinajstić information content (AvgIpc) is 3.50. The van der Waals surface area contributed by atoms with Crippen molar-refractivity contribution in [3.05, 3.63) is 84.2 Å². The van der Waals surface area contributed by atoms with E-state index in [0.717, 1.165) is 49.7 Å². The minimum atomic E-state index is -3.89. The van der Waals surface area contributed by atoms with E-state index < -0.39 is 23.9 Å². The summed E-state index contributed by atoms with van der Waals surface area (Å²) in [5.74, 6) is 0. The first kappa shape index (κ1) is 42.8. The summed E-state index contributed by atoms with van der Waals surface area (Å²) in [6.07, 6.45) is 9.10. The van der Waals surface area contributed by atoms with E-state index in [0.29, 0.717) is 24.3 Å². The van der Waals surface area contributed by atoms with Crippen molar-refractivity contribution in [2.24, 2.45) is 0 Å². The van der Waals surface area contributed by atoms with Crippen LogP contribution < -0.4 is 15.4 Å². The summed E-state index contributed by atoms with van der Waals surface area (Å²) in [5.41, 5.74) is 2.12. The molecule has 13 heteroatoms. The van der Waals surface area contributed by atoms with Crippen molar-refractivity contribution in [1.29, 1.82) is 0 Å². The minimum Gasteiger partial charge on any atom is -0.444 e. The highest BCUT2D eigenvalue weighted by molar-refractivity contribution is 7.92. The number of amides is 3. The molecule has 1 fully saturated rings. The van der Waals surface area contributed by atoms with E-state index in [2.05, 4.69) is 61.1 Å². The lowest BCUT2D eigenvalue weighted by Crippen LogP contribution is -2.50. The van der Waals surface area contributed by atoms with Crippen LogP contribution in [0.25, 0.3) is 0 Å². The van der Waals surface area contributed by atoms with Crippen molar-refractivity contribution >= 4 is 41.8 Å². The fourth-order valence-electron chi connectivity index (χ4n) is 6.26. The molecule has 296 valence electrons. The highest BCUT2D eigenvalue weighted by Gasteiger charge is 2.47. The molecule has 3 N–H and O–H groups in total. The third-order valence-electron chi connectivity index (χ3n) is 10.2. The van der Waals surface area contributed by atoms with Gasteiger partial charge in [-0.1, -0.05) is 65.2 Å². The molecule has 0 radical (unpaired) electrons. The van der Waals surface area contributed by atoms with Crippen molar-refractivity contribution in [2.75, 3.05) is 16.6 Å². The van der Waals surface area contributed by atoms with E-state index >= 15 is 0 Å². The van der Waals surface area contributed by atoms with Gasteiger partial charge in [-0.05, 0) is 118 Å². The van der Waals surface area contributed by atoms with Crippen molar-refractivity contribution < 1.29 is 27.2 Å². The largest absolute Gasteiger partial charge is 0.444 e. The molecule has 1 aromatic heterocycles. The molecule has 4 rings (SSSR count). The van der Waals surface area contributed by atoms with Crippen LogP contribution in [-0.4, -0.2) is 63.0 Å². The quantitative estimate of drug-likeness (QED) is 0.103. The Labute approximate surface area is 324 Å². The molecular formula is C41H61N5O6SSi. The maximum atomic E-state index is 14.0. The predicted octanol–water partition coefficient (Wildman–Crippen LogP) is 9.66. The number of unbranched alkanes of at least 4 members (excludes halogenated alkanes) is 3. The Hall–Kier alpha value is -3.94. The van der Waals surface area contributed by atoms with Gasteiger partial charge < -0.3 is 19.8 Å². The molecule has 3 atom stereocenters. The first-order valence-electron chi connectivity index (χ1n) is 19.2. The normalized spacial score (nSPS) is 17.2. The summed E-state index contributed by atoms with van der Waals surface area (Å²) >= 11 is 0. The van der Waals surface area contributed by atoms with E-state index in [4.69, 9.17) is 9.16 Å². The topological polar surface area (TPSA) is 139 Å². The van der Waals surface area contributed by atoms with Crippen LogP contribution in [0.15, 0.2) is 78.0 Å². The number of hydrogen-bond acceptors (Lipinski definition) is 7. The maximum absolute atomic E-state index is 14.0. The van der Waals surface area contributed by atoms with E-state index in [1.165, 1.54) is 12.1 Å². The van der Waals surface area contributed by atoms with Gasteiger partial charge >= 0.3 is 12.1 Å². The summed E-state index contributed by atoms with van der Waals surface area (Å²) in [6.45, 7) is 19.4. The van der Waals surface area contributed by atoms with Crippen molar-refractivity contribution in [3.63, 3.8) is 0 Å².